The molecule has 0 aliphatic heterocycles. The van der Waals surface area contributed by atoms with E-state index >= 15 is 0 Å². The van der Waals surface area contributed by atoms with Gasteiger partial charge in [0.1, 0.15) is 17.1 Å². The van der Waals surface area contributed by atoms with E-state index in [9.17, 15) is 13.9 Å². The standard InChI is InChI=1S/C16H17F2NO/c1-11-8-9-13(17)15(14(11)18)19-10-16(2,20)12-6-4-3-5-7-12/h3-9,19-20H,10H2,1-2H3. The van der Waals surface area contributed by atoms with Crippen molar-refractivity contribution in [3.8, 4) is 0 Å². The lowest BCUT2D eigenvalue weighted by Crippen LogP contribution is -2.31. The maximum Gasteiger partial charge on any atom is 0.152 e. The molecule has 4 heteroatoms. The fourth-order valence-electron chi connectivity index (χ4n) is 1.98. The zero-order valence-electron chi connectivity index (χ0n) is 11.5. The number of rotatable bonds is 4. The van der Waals surface area contributed by atoms with Crippen LogP contribution in [-0.4, -0.2) is 11.7 Å². The second-order valence-corrected chi connectivity index (χ2v) is 5.05. The van der Waals surface area contributed by atoms with Gasteiger partial charge in [0.25, 0.3) is 0 Å². The van der Waals surface area contributed by atoms with Gasteiger partial charge in [0.2, 0.25) is 0 Å². The minimum absolute atomic E-state index is 0.00824. The predicted molar refractivity (Wildman–Crippen MR) is 75.6 cm³/mol. The Bertz CT molecular complexity index is 597. The van der Waals surface area contributed by atoms with Gasteiger partial charge in [0.15, 0.2) is 5.82 Å². The van der Waals surface area contributed by atoms with Crippen LogP contribution in [0.3, 0.4) is 0 Å². The number of nitrogens with one attached hydrogen (secondary N) is 1. The highest BCUT2D eigenvalue weighted by Gasteiger charge is 2.24. The topological polar surface area (TPSA) is 32.3 Å². The van der Waals surface area contributed by atoms with Crippen LogP contribution >= 0.6 is 0 Å². The molecule has 1 atom stereocenters. The molecule has 0 aromatic heterocycles. The van der Waals surface area contributed by atoms with Gasteiger partial charge >= 0.3 is 0 Å². The number of halogens is 2. The zero-order chi connectivity index (χ0) is 14.8. The van der Waals surface area contributed by atoms with Crippen LogP contribution in [0.1, 0.15) is 18.1 Å². The number of hydrogen-bond donors (Lipinski definition) is 2. The normalized spacial score (nSPS) is 13.8. The highest BCUT2D eigenvalue weighted by molar-refractivity contribution is 5.49. The minimum Gasteiger partial charge on any atom is -0.384 e. The monoisotopic (exact) mass is 277 g/mol. The second kappa shape index (κ2) is 5.59. The lowest BCUT2D eigenvalue weighted by Gasteiger charge is -2.25. The fourth-order valence-corrected chi connectivity index (χ4v) is 1.98. The third kappa shape index (κ3) is 2.96. The molecule has 0 spiro atoms. The summed E-state index contributed by atoms with van der Waals surface area (Å²) in [6.07, 6.45) is 0. The Morgan fingerprint density at radius 1 is 1.10 bits per heavy atom. The van der Waals surface area contributed by atoms with Gasteiger partial charge in [-0.05, 0) is 31.0 Å². The molecule has 2 nitrogen and oxygen atoms in total. The number of anilines is 1. The Labute approximate surface area is 117 Å². The SMILES string of the molecule is Cc1ccc(F)c(NCC(C)(O)c2ccccc2)c1F. The van der Waals surface area contributed by atoms with Crippen molar-refractivity contribution in [3.63, 3.8) is 0 Å². The molecular weight excluding hydrogens is 260 g/mol. The summed E-state index contributed by atoms with van der Waals surface area (Å²) >= 11 is 0. The van der Waals surface area contributed by atoms with Crippen molar-refractivity contribution in [1.82, 2.24) is 0 Å². The zero-order valence-corrected chi connectivity index (χ0v) is 11.5. The van der Waals surface area contributed by atoms with Crippen LogP contribution in [-0.2, 0) is 5.60 Å². The summed E-state index contributed by atoms with van der Waals surface area (Å²) in [6, 6.07) is 11.6. The van der Waals surface area contributed by atoms with Crippen molar-refractivity contribution in [2.45, 2.75) is 19.4 Å². The molecule has 20 heavy (non-hydrogen) atoms. The average Bonchev–Trinajstić information content (AvgIpc) is 2.44. The van der Waals surface area contributed by atoms with Crippen molar-refractivity contribution in [3.05, 3.63) is 65.2 Å². The van der Waals surface area contributed by atoms with Gasteiger partial charge in [0.05, 0.1) is 0 Å². The average molecular weight is 277 g/mol. The predicted octanol–water partition coefficient (Wildman–Crippen LogP) is 3.59. The molecule has 0 aliphatic carbocycles. The smallest absolute Gasteiger partial charge is 0.152 e. The van der Waals surface area contributed by atoms with Crippen molar-refractivity contribution in [1.29, 1.82) is 0 Å². The first-order valence-electron chi connectivity index (χ1n) is 6.38. The molecule has 0 bridgehead atoms. The molecule has 0 fully saturated rings. The van der Waals surface area contributed by atoms with Crippen molar-refractivity contribution in [2.24, 2.45) is 0 Å². The third-order valence-corrected chi connectivity index (χ3v) is 3.29. The van der Waals surface area contributed by atoms with E-state index in [1.54, 1.807) is 38.1 Å². The van der Waals surface area contributed by atoms with Gasteiger partial charge in [-0.25, -0.2) is 8.78 Å². The van der Waals surface area contributed by atoms with Crippen LogP contribution in [0.25, 0.3) is 0 Å². The summed E-state index contributed by atoms with van der Waals surface area (Å²) in [6.45, 7) is 3.17. The van der Waals surface area contributed by atoms with Gasteiger partial charge in [-0.3, -0.25) is 0 Å². The second-order valence-electron chi connectivity index (χ2n) is 5.05. The Balaban J connectivity index is 2.19. The molecule has 2 aromatic carbocycles. The molecule has 106 valence electrons. The summed E-state index contributed by atoms with van der Waals surface area (Å²) in [4.78, 5) is 0. The van der Waals surface area contributed by atoms with Gasteiger partial charge < -0.3 is 10.4 Å². The lowest BCUT2D eigenvalue weighted by atomic mass is 9.96. The Kier molecular flexibility index (Phi) is 4.04. The van der Waals surface area contributed by atoms with Crippen molar-refractivity contribution >= 4 is 5.69 Å². The maximum absolute atomic E-state index is 13.9. The Hall–Kier alpha value is -1.94. The quantitative estimate of drug-likeness (QED) is 0.895. The first-order valence-corrected chi connectivity index (χ1v) is 6.38. The Morgan fingerprint density at radius 2 is 1.75 bits per heavy atom. The van der Waals surface area contributed by atoms with Crippen LogP contribution in [0.15, 0.2) is 42.5 Å². The first kappa shape index (κ1) is 14.5. The van der Waals surface area contributed by atoms with Gasteiger partial charge in [-0.2, -0.15) is 0 Å². The van der Waals surface area contributed by atoms with E-state index in [1.165, 1.54) is 12.1 Å². The largest absolute Gasteiger partial charge is 0.384 e. The maximum atomic E-state index is 13.9. The summed E-state index contributed by atoms with van der Waals surface area (Å²) < 4.78 is 27.5. The van der Waals surface area contributed by atoms with Crippen LogP contribution in [0.5, 0.6) is 0 Å². The van der Waals surface area contributed by atoms with E-state index in [1.807, 2.05) is 6.07 Å². The molecule has 0 saturated heterocycles. The molecule has 0 radical (unpaired) electrons. The third-order valence-electron chi connectivity index (χ3n) is 3.29. The van der Waals surface area contributed by atoms with Gasteiger partial charge in [0, 0.05) is 6.54 Å². The number of aliphatic hydroxyl groups is 1. The summed E-state index contributed by atoms with van der Waals surface area (Å²) in [7, 11) is 0. The van der Waals surface area contributed by atoms with Crippen LogP contribution in [0.2, 0.25) is 0 Å². The molecule has 0 saturated carbocycles. The van der Waals surface area contributed by atoms with Crippen LogP contribution in [0.4, 0.5) is 14.5 Å². The van der Waals surface area contributed by atoms with E-state index in [0.29, 0.717) is 11.1 Å². The van der Waals surface area contributed by atoms with Crippen molar-refractivity contribution < 1.29 is 13.9 Å². The van der Waals surface area contributed by atoms with E-state index in [0.717, 1.165) is 0 Å². The number of benzene rings is 2. The summed E-state index contributed by atoms with van der Waals surface area (Å²) in [5.41, 5.74) is -0.389. The van der Waals surface area contributed by atoms with Gasteiger partial charge in [-0.15, -0.1) is 0 Å². The van der Waals surface area contributed by atoms with E-state index in [4.69, 9.17) is 0 Å². The van der Waals surface area contributed by atoms with Crippen molar-refractivity contribution in [2.75, 3.05) is 11.9 Å². The highest BCUT2D eigenvalue weighted by atomic mass is 19.1. The first-order chi connectivity index (χ1) is 9.42. The minimum atomic E-state index is -1.22. The molecular formula is C16H17F2NO. The van der Waals surface area contributed by atoms with Crippen LogP contribution in [0, 0.1) is 18.6 Å². The molecule has 2 rings (SSSR count). The van der Waals surface area contributed by atoms with E-state index in [2.05, 4.69) is 5.32 Å². The Morgan fingerprint density at radius 3 is 2.40 bits per heavy atom. The fraction of sp³-hybridized carbons (Fsp3) is 0.250. The molecule has 2 aromatic rings. The molecule has 0 aliphatic rings. The molecule has 0 amide bonds. The number of aryl methyl sites for hydroxylation is 1. The van der Waals surface area contributed by atoms with Crippen LogP contribution < -0.4 is 5.32 Å². The summed E-state index contributed by atoms with van der Waals surface area (Å²) in [5.74, 6) is -1.30. The number of hydrogen-bond acceptors (Lipinski definition) is 2. The lowest BCUT2D eigenvalue weighted by molar-refractivity contribution is 0.0714. The van der Waals surface area contributed by atoms with E-state index in [-0.39, 0.29) is 12.2 Å². The molecule has 2 N–H and O–H groups in total. The highest BCUT2D eigenvalue weighted by Crippen LogP contribution is 2.25. The molecule has 0 heterocycles. The van der Waals surface area contributed by atoms with E-state index < -0.39 is 17.2 Å². The van der Waals surface area contributed by atoms with Gasteiger partial charge in [-0.1, -0.05) is 36.4 Å². The summed E-state index contributed by atoms with van der Waals surface area (Å²) in [5, 5.41) is 13.1. The molecule has 1 unspecified atom stereocenters.